The summed E-state index contributed by atoms with van der Waals surface area (Å²) in [5.41, 5.74) is 16.4. The van der Waals surface area contributed by atoms with Crippen LogP contribution in [-0.2, 0) is 5.41 Å². The molecule has 0 bridgehead atoms. The standard InChI is InChI=1S/C62H41N3O/c1-62(2)54-22-11-10-18-49(54)50-34-33-46(36-55(50)62)47-20-12-21-52-57-51-19-9-8-17-48(51)53(37-56(57)66-58(47)52)61-64-59(42-28-23-40(24-29-42)38-13-4-3-5-14-38)63-60(65-61)43-30-25-41(26-31-43)45-32-27-39-15-6-7-16-44(39)35-45/h3-37H,1-2H3. The molecule has 0 amide bonds. The molecule has 0 unspecified atom stereocenters. The Morgan fingerprint density at radius 1 is 0.333 bits per heavy atom. The first-order valence-electron chi connectivity index (χ1n) is 22.6. The molecule has 4 heteroatoms. The molecule has 0 aliphatic heterocycles. The van der Waals surface area contributed by atoms with Crippen molar-refractivity contribution in [2.75, 3.05) is 0 Å². The van der Waals surface area contributed by atoms with Crippen molar-refractivity contribution in [2.24, 2.45) is 0 Å². The van der Waals surface area contributed by atoms with Gasteiger partial charge in [-0.25, -0.2) is 15.0 Å². The van der Waals surface area contributed by atoms with E-state index in [2.05, 4.69) is 220 Å². The van der Waals surface area contributed by atoms with E-state index in [1.165, 1.54) is 33.0 Å². The largest absolute Gasteiger partial charge is 0.455 e. The third-order valence-corrected chi connectivity index (χ3v) is 13.8. The van der Waals surface area contributed by atoms with Gasteiger partial charge in [0.2, 0.25) is 0 Å². The monoisotopic (exact) mass is 843 g/mol. The van der Waals surface area contributed by atoms with E-state index in [1.807, 2.05) is 6.07 Å². The minimum atomic E-state index is -0.111. The van der Waals surface area contributed by atoms with Gasteiger partial charge in [-0.15, -0.1) is 0 Å². The quantitative estimate of drug-likeness (QED) is 0.167. The summed E-state index contributed by atoms with van der Waals surface area (Å²) in [6.45, 7) is 4.66. The zero-order chi connectivity index (χ0) is 43.9. The van der Waals surface area contributed by atoms with Gasteiger partial charge in [-0.3, -0.25) is 0 Å². The van der Waals surface area contributed by atoms with E-state index in [0.29, 0.717) is 17.5 Å². The fourth-order valence-electron chi connectivity index (χ4n) is 10.3. The summed E-state index contributed by atoms with van der Waals surface area (Å²) >= 11 is 0. The maximum absolute atomic E-state index is 7.04. The van der Waals surface area contributed by atoms with E-state index >= 15 is 0 Å². The Hall–Kier alpha value is -8.47. The Balaban J connectivity index is 0.965. The number of rotatable bonds is 6. The maximum Gasteiger partial charge on any atom is 0.164 e. The number of hydrogen-bond donors (Lipinski definition) is 0. The number of para-hydroxylation sites is 1. The van der Waals surface area contributed by atoms with Crippen LogP contribution in [0.2, 0.25) is 0 Å². The van der Waals surface area contributed by atoms with Crippen LogP contribution in [0.5, 0.6) is 0 Å². The van der Waals surface area contributed by atoms with Crippen LogP contribution < -0.4 is 0 Å². The Bertz CT molecular complexity index is 3880. The van der Waals surface area contributed by atoms with Crippen LogP contribution in [0.1, 0.15) is 25.0 Å². The van der Waals surface area contributed by atoms with E-state index < -0.39 is 0 Å². The second-order valence-corrected chi connectivity index (χ2v) is 17.9. The topological polar surface area (TPSA) is 51.8 Å². The van der Waals surface area contributed by atoms with Crippen LogP contribution in [-0.4, -0.2) is 15.0 Å². The molecule has 4 nitrogen and oxygen atoms in total. The minimum absolute atomic E-state index is 0.111. The molecule has 1 aliphatic rings. The van der Waals surface area contributed by atoms with Crippen molar-refractivity contribution in [1.29, 1.82) is 0 Å². The van der Waals surface area contributed by atoms with Gasteiger partial charge in [-0.05, 0) is 89.8 Å². The molecule has 0 atom stereocenters. The van der Waals surface area contributed by atoms with E-state index in [4.69, 9.17) is 19.4 Å². The van der Waals surface area contributed by atoms with Gasteiger partial charge in [0, 0.05) is 38.4 Å². The third-order valence-electron chi connectivity index (χ3n) is 13.8. The van der Waals surface area contributed by atoms with Crippen LogP contribution in [0.4, 0.5) is 0 Å². The highest BCUT2D eigenvalue weighted by Gasteiger charge is 2.35. The Morgan fingerprint density at radius 2 is 0.879 bits per heavy atom. The Kier molecular flexibility index (Phi) is 8.53. The molecule has 13 rings (SSSR count). The van der Waals surface area contributed by atoms with Gasteiger partial charge in [0.25, 0.3) is 0 Å². The molecule has 0 saturated carbocycles. The highest BCUT2D eigenvalue weighted by Crippen LogP contribution is 2.50. The van der Waals surface area contributed by atoms with Crippen molar-refractivity contribution < 1.29 is 4.42 Å². The SMILES string of the molecule is CC1(C)c2ccccc2-c2ccc(-c3cccc4c3oc3cc(-c5nc(-c6ccc(-c7ccccc7)cc6)nc(-c6ccc(-c7ccc8ccccc8c7)cc6)n5)c5ccccc5c34)cc21. The van der Waals surface area contributed by atoms with Gasteiger partial charge in [-0.1, -0.05) is 208 Å². The first-order chi connectivity index (χ1) is 32.4. The van der Waals surface area contributed by atoms with Gasteiger partial charge in [0.15, 0.2) is 17.5 Å². The molecule has 2 aromatic heterocycles. The summed E-state index contributed by atoms with van der Waals surface area (Å²) in [5, 5.41) is 6.73. The predicted octanol–water partition coefficient (Wildman–Crippen LogP) is 16.4. The first-order valence-corrected chi connectivity index (χ1v) is 22.6. The summed E-state index contributed by atoms with van der Waals surface area (Å²) in [7, 11) is 0. The smallest absolute Gasteiger partial charge is 0.164 e. The summed E-state index contributed by atoms with van der Waals surface area (Å²) in [4.78, 5) is 15.7. The maximum atomic E-state index is 7.04. The lowest BCUT2D eigenvalue weighted by atomic mass is 9.81. The van der Waals surface area contributed by atoms with E-state index in [9.17, 15) is 0 Å². The molecule has 0 saturated heterocycles. The van der Waals surface area contributed by atoms with Crippen molar-refractivity contribution in [2.45, 2.75) is 19.3 Å². The second kappa shape index (κ2) is 14.8. The number of aromatic nitrogens is 3. The van der Waals surface area contributed by atoms with Crippen LogP contribution in [0, 0.1) is 0 Å². The average Bonchev–Trinajstić information content (AvgIpc) is 3.88. The number of hydrogen-bond acceptors (Lipinski definition) is 4. The zero-order valence-electron chi connectivity index (χ0n) is 36.5. The highest BCUT2D eigenvalue weighted by atomic mass is 16.3. The number of fused-ring (bicyclic) bond motifs is 9. The second-order valence-electron chi connectivity index (χ2n) is 17.9. The highest BCUT2D eigenvalue weighted by molar-refractivity contribution is 6.23. The van der Waals surface area contributed by atoms with Crippen molar-refractivity contribution >= 4 is 43.5 Å². The molecule has 10 aromatic carbocycles. The van der Waals surface area contributed by atoms with Gasteiger partial charge in [-0.2, -0.15) is 0 Å². The molecule has 12 aromatic rings. The molecule has 0 spiro atoms. The summed E-state index contributed by atoms with van der Waals surface area (Å²) in [6, 6.07) is 75.5. The number of nitrogens with zero attached hydrogens (tertiary/aromatic N) is 3. The fraction of sp³-hybridized carbons (Fsp3) is 0.0484. The molecule has 0 N–H and O–H groups in total. The molecule has 0 fully saturated rings. The van der Waals surface area contributed by atoms with Crippen LogP contribution in [0.3, 0.4) is 0 Å². The summed E-state index contributed by atoms with van der Waals surface area (Å²) in [6.07, 6.45) is 0. The van der Waals surface area contributed by atoms with Crippen molar-refractivity contribution in [3.05, 3.63) is 223 Å². The fourth-order valence-corrected chi connectivity index (χ4v) is 10.3. The lowest BCUT2D eigenvalue weighted by molar-refractivity contribution is 0.660. The molecular formula is C62H41N3O. The van der Waals surface area contributed by atoms with E-state index in [-0.39, 0.29) is 5.41 Å². The van der Waals surface area contributed by atoms with Gasteiger partial charge in [0.05, 0.1) is 0 Å². The predicted molar refractivity (Wildman–Crippen MR) is 272 cm³/mol. The summed E-state index contributed by atoms with van der Waals surface area (Å²) in [5.74, 6) is 1.79. The van der Waals surface area contributed by atoms with Crippen molar-refractivity contribution in [3.63, 3.8) is 0 Å². The molecule has 310 valence electrons. The van der Waals surface area contributed by atoms with Crippen molar-refractivity contribution in [1.82, 2.24) is 15.0 Å². The van der Waals surface area contributed by atoms with Crippen LogP contribution in [0.15, 0.2) is 217 Å². The Morgan fingerprint density at radius 3 is 1.65 bits per heavy atom. The number of benzene rings is 10. The lowest BCUT2D eigenvalue weighted by Gasteiger charge is -2.22. The third kappa shape index (κ3) is 6.10. The molecule has 0 radical (unpaired) electrons. The van der Waals surface area contributed by atoms with Crippen LogP contribution >= 0.6 is 0 Å². The van der Waals surface area contributed by atoms with E-state index in [1.54, 1.807) is 0 Å². The molecule has 66 heavy (non-hydrogen) atoms. The average molecular weight is 844 g/mol. The first kappa shape index (κ1) is 38.0. The number of furan rings is 1. The Labute approximate surface area is 382 Å². The van der Waals surface area contributed by atoms with Gasteiger partial charge >= 0.3 is 0 Å². The van der Waals surface area contributed by atoms with E-state index in [0.717, 1.165) is 82.8 Å². The van der Waals surface area contributed by atoms with Gasteiger partial charge in [0.1, 0.15) is 11.2 Å². The molecular weight excluding hydrogens is 803 g/mol. The van der Waals surface area contributed by atoms with Crippen LogP contribution in [0.25, 0.3) is 122 Å². The molecule has 1 aliphatic carbocycles. The lowest BCUT2D eigenvalue weighted by Crippen LogP contribution is -2.14. The van der Waals surface area contributed by atoms with Crippen molar-refractivity contribution in [3.8, 4) is 78.7 Å². The van der Waals surface area contributed by atoms with Gasteiger partial charge < -0.3 is 4.42 Å². The minimum Gasteiger partial charge on any atom is -0.455 e. The molecule has 2 heterocycles. The normalized spacial score (nSPS) is 12.8. The zero-order valence-corrected chi connectivity index (χ0v) is 36.5. The summed E-state index contributed by atoms with van der Waals surface area (Å²) < 4.78 is 7.04.